The Balaban J connectivity index is 1.38. The number of cyclic esters (lactones) is 1. The molecule has 0 radical (unpaired) electrons. The molecule has 5 aromatic carbocycles. The summed E-state index contributed by atoms with van der Waals surface area (Å²) in [5, 5.41) is 25.7. The van der Waals surface area contributed by atoms with E-state index >= 15 is 19.2 Å². The zero-order valence-electron chi connectivity index (χ0n) is 37.9. The minimum Gasteiger partial charge on any atom is -0.491 e. The summed E-state index contributed by atoms with van der Waals surface area (Å²) in [4.78, 5) is 83.9. The van der Waals surface area contributed by atoms with Crippen LogP contribution in [0.3, 0.4) is 0 Å². The second-order valence-corrected chi connectivity index (χ2v) is 18.2. The molecule has 4 heterocycles. The number of nitrogens with zero attached hydrogens (tertiary/aromatic N) is 3. The third-order valence-corrected chi connectivity index (χ3v) is 13.9. The van der Waals surface area contributed by atoms with Crippen molar-refractivity contribution in [3.8, 4) is 17.6 Å². The van der Waals surface area contributed by atoms with Crippen LogP contribution in [0.4, 0.5) is 15.6 Å². The standard InChI is InChI=1S/C53H49N5O10S/c1-31(2)42(48(62)66-3)55-52(65)57-38-26-25-32(16-14-15-27-59)30-36(38)53(50(57)64)41(47(61)56-51-54-37-22-11-13-24-40(37)69-51)44-49(63)68-45(34-19-8-5-9-20-34)43(33-17-6-4-7-18-33)58(44)46(53)35-21-10-12-23-39(35)67-29-28-60/h4-13,17-26,30-31,41-46,59-60H,15,27-29H2,1-3H3,(H,55,65)(H,54,56,61). The Morgan fingerprint density at radius 2 is 1.57 bits per heavy atom. The molecule has 0 aliphatic carbocycles. The minimum absolute atomic E-state index is 0.0678. The number of hydrogen-bond donors (Lipinski definition) is 4. The number of methoxy groups -OCH3 is 1. The van der Waals surface area contributed by atoms with Crippen molar-refractivity contribution in [1.82, 2.24) is 15.2 Å². The molecule has 69 heavy (non-hydrogen) atoms. The molecule has 4 N–H and O–H groups in total. The fraction of sp³-hybridized carbons (Fsp3) is 0.283. The zero-order valence-corrected chi connectivity index (χ0v) is 38.7. The van der Waals surface area contributed by atoms with E-state index in [9.17, 15) is 15.0 Å². The highest BCUT2D eigenvalue weighted by molar-refractivity contribution is 7.22. The molecule has 9 rings (SSSR count). The second-order valence-electron chi connectivity index (χ2n) is 17.2. The van der Waals surface area contributed by atoms with Crippen LogP contribution >= 0.6 is 11.3 Å². The fourth-order valence-corrected chi connectivity index (χ4v) is 11.0. The van der Waals surface area contributed by atoms with Crippen LogP contribution in [-0.4, -0.2) is 88.9 Å². The summed E-state index contributed by atoms with van der Waals surface area (Å²) in [7, 11) is 1.20. The van der Waals surface area contributed by atoms with E-state index in [1.54, 1.807) is 62.4 Å². The third-order valence-electron chi connectivity index (χ3n) is 12.9. The minimum atomic E-state index is -2.21. The number of hydrogen-bond acceptors (Lipinski definition) is 13. The molecule has 3 aliphatic rings. The highest BCUT2D eigenvalue weighted by Crippen LogP contribution is 2.66. The molecule has 0 saturated carbocycles. The highest BCUT2D eigenvalue weighted by atomic mass is 32.1. The number of para-hydroxylation sites is 2. The normalized spacial score (nSPS) is 22.1. The summed E-state index contributed by atoms with van der Waals surface area (Å²) in [5.41, 5.74) is 0.722. The van der Waals surface area contributed by atoms with Gasteiger partial charge >= 0.3 is 18.0 Å². The van der Waals surface area contributed by atoms with E-state index in [0.29, 0.717) is 27.8 Å². The van der Waals surface area contributed by atoms with Crippen molar-refractivity contribution < 1.29 is 48.4 Å². The Morgan fingerprint density at radius 3 is 2.26 bits per heavy atom. The number of carbonyl (C=O) groups is 5. The first-order valence-electron chi connectivity index (χ1n) is 22.6. The summed E-state index contributed by atoms with van der Waals surface area (Å²) >= 11 is 1.21. The number of carbonyl (C=O) groups excluding carboxylic acids is 5. The van der Waals surface area contributed by atoms with Gasteiger partial charge in [0.05, 0.1) is 54.2 Å². The van der Waals surface area contributed by atoms with Gasteiger partial charge in [0.25, 0.3) is 0 Å². The first kappa shape index (κ1) is 46.7. The van der Waals surface area contributed by atoms with Gasteiger partial charge in [-0.1, -0.05) is 128 Å². The highest BCUT2D eigenvalue weighted by Gasteiger charge is 2.76. The smallest absolute Gasteiger partial charge is 0.329 e. The first-order chi connectivity index (χ1) is 33.5. The molecular weight excluding hydrogens is 899 g/mol. The third kappa shape index (κ3) is 8.27. The average molecular weight is 948 g/mol. The van der Waals surface area contributed by atoms with E-state index in [1.165, 1.54) is 18.4 Å². The molecule has 4 amide bonds. The molecule has 1 aromatic heterocycles. The van der Waals surface area contributed by atoms with Gasteiger partial charge in [0.15, 0.2) is 5.13 Å². The van der Waals surface area contributed by atoms with Crippen LogP contribution in [0.25, 0.3) is 10.2 Å². The number of urea groups is 1. The van der Waals surface area contributed by atoms with E-state index < -0.39 is 77.3 Å². The monoisotopic (exact) mass is 947 g/mol. The van der Waals surface area contributed by atoms with Crippen LogP contribution in [0.2, 0.25) is 0 Å². The van der Waals surface area contributed by atoms with Crippen LogP contribution in [0, 0.1) is 23.7 Å². The lowest BCUT2D eigenvalue weighted by atomic mass is 9.65. The molecule has 7 atom stereocenters. The predicted octanol–water partition coefficient (Wildman–Crippen LogP) is 6.61. The van der Waals surface area contributed by atoms with Crippen LogP contribution in [0.1, 0.15) is 66.3 Å². The Labute approximate surface area is 402 Å². The summed E-state index contributed by atoms with van der Waals surface area (Å²) in [6.07, 6.45) is -0.863. The number of thiazole rings is 1. The maximum absolute atomic E-state index is 16.7. The van der Waals surface area contributed by atoms with Gasteiger partial charge in [0.1, 0.15) is 36.0 Å². The number of aliphatic hydroxyl groups excluding tert-OH is 2. The van der Waals surface area contributed by atoms with Crippen LogP contribution < -0.4 is 20.3 Å². The lowest BCUT2D eigenvalue weighted by molar-refractivity contribution is -0.178. The number of morpholine rings is 1. The summed E-state index contributed by atoms with van der Waals surface area (Å²) in [6, 6.07) is 31.7. The van der Waals surface area contributed by atoms with Gasteiger partial charge in [-0.25, -0.2) is 19.5 Å². The quantitative estimate of drug-likeness (QED) is 0.0758. The van der Waals surface area contributed by atoms with Gasteiger partial charge in [-0.05, 0) is 59.0 Å². The Kier molecular flexibility index (Phi) is 13.3. The molecule has 352 valence electrons. The number of imide groups is 1. The molecule has 1 spiro atoms. The zero-order chi connectivity index (χ0) is 48.4. The fourth-order valence-electron chi connectivity index (χ4n) is 10.1. The van der Waals surface area contributed by atoms with Crippen molar-refractivity contribution in [3.05, 3.63) is 155 Å². The Bertz CT molecular complexity index is 2960. The van der Waals surface area contributed by atoms with Gasteiger partial charge < -0.3 is 35.1 Å². The Hall–Kier alpha value is -7.42. The molecule has 6 aromatic rings. The van der Waals surface area contributed by atoms with E-state index in [4.69, 9.17) is 19.2 Å². The number of rotatable bonds is 12. The number of nitrogens with one attached hydrogen (secondary N) is 2. The van der Waals surface area contributed by atoms with E-state index in [0.717, 1.165) is 9.60 Å². The van der Waals surface area contributed by atoms with E-state index in [-0.39, 0.29) is 48.4 Å². The van der Waals surface area contributed by atoms with Crippen molar-refractivity contribution >= 4 is 62.2 Å². The maximum atomic E-state index is 16.7. The second kappa shape index (κ2) is 19.7. The van der Waals surface area contributed by atoms with Crippen molar-refractivity contribution in [2.75, 3.05) is 37.1 Å². The number of aliphatic hydroxyl groups is 2. The average Bonchev–Trinajstić information content (AvgIpc) is 4.00. The van der Waals surface area contributed by atoms with Gasteiger partial charge in [0.2, 0.25) is 11.8 Å². The number of anilines is 2. The number of ether oxygens (including phenoxy) is 3. The summed E-state index contributed by atoms with van der Waals surface area (Å²) in [5.74, 6) is 0.887. The number of esters is 2. The van der Waals surface area contributed by atoms with Crippen molar-refractivity contribution in [1.29, 1.82) is 0 Å². The molecule has 15 nitrogen and oxygen atoms in total. The lowest BCUT2D eigenvalue weighted by Crippen LogP contribution is -2.57. The predicted molar refractivity (Wildman–Crippen MR) is 257 cm³/mol. The van der Waals surface area contributed by atoms with Crippen LogP contribution in [0.5, 0.6) is 5.75 Å². The number of aromatic nitrogens is 1. The van der Waals surface area contributed by atoms with E-state index in [1.807, 2.05) is 83.8 Å². The molecular formula is C53H49N5O10S. The van der Waals surface area contributed by atoms with Crippen molar-refractivity contribution in [3.63, 3.8) is 0 Å². The summed E-state index contributed by atoms with van der Waals surface area (Å²) < 4.78 is 18.7. The number of amides is 4. The van der Waals surface area contributed by atoms with Gasteiger partial charge in [-0.2, -0.15) is 0 Å². The topological polar surface area (TPSA) is 197 Å². The van der Waals surface area contributed by atoms with Gasteiger partial charge in [-0.3, -0.25) is 19.3 Å². The summed E-state index contributed by atoms with van der Waals surface area (Å²) in [6.45, 7) is 2.72. The molecule has 3 aliphatic heterocycles. The lowest BCUT2D eigenvalue weighted by Gasteiger charge is -2.46. The molecule has 0 bridgehead atoms. The first-order valence-corrected chi connectivity index (χ1v) is 23.4. The van der Waals surface area contributed by atoms with Crippen molar-refractivity contribution in [2.24, 2.45) is 11.8 Å². The van der Waals surface area contributed by atoms with Crippen LogP contribution in [-0.2, 0) is 34.1 Å². The number of benzene rings is 5. The van der Waals surface area contributed by atoms with Gasteiger partial charge in [0, 0.05) is 17.5 Å². The molecule has 2 saturated heterocycles. The van der Waals surface area contributed by atoms with Crippen molar-refractivity contribution in [2.45, 2.75) is 56.0 Å². The molecule has 7 unspecified atom stereocenters. The Morgan fingerprint density at radius 1 is 0.870 bits per heavy atom. The molecule has 16 heteroatoms. The number of fused-ring (bicyclic) bond motifs is 4. The maximum Gasteiger partial charge on any atom is 0.329 e. The van der Waals surface area contributed by atoms with E-state index in [2.05, 4.69) is 22.5 Å². The SMILES string of the molecule is COC(=O)C(NC(=O)N1C(=O)C2(c3cc(C#CCCO)ccc31)C(C(=O)Nc1nc3ccccc3s1)C1C(=O)OC(c3ccccc3)C(c3ccccc3)N1C2c1ccccc1OCCO)C(C)C. The molecule has 2 fully saturated rings. The van der Waals surface area contributed by atoms with Crippen LogP contribution in [0.15, 0.2) is 127 Å². The van der Waals surface area contributed by atoms with Gasteiger partial charge in [-0.15, -0.1) is 0 Å². The largest absolute Gasteiger partial charge is 0.491 e.